The fourth-order valence-corrected chi connectivity index (χ4v) is 2.06. The zero-order chi connectivity index (χ0) is 16.0. The Morgan fingerprint density at radius 1 is 1.48 bits per heavy atom. The molecule has 4 N–H and O–H groups in total. The van der Waals surface area contributed by atoms with Crippen LogP contribution >= 0.6 is 0 Å². The molecule has 1 aliphatic rings. The summed E-state index contributed by atoms with van der Waals surface area (Å²) in [7, 11) is 0. The summed E-state index contributed by atoms with van der Waals surface area (Å²) >= 11 is 0. The van der Waals surface area contributed by atoms with E-state index in [9.17, 15) is 19.2 Å². The van der Waals surface area contributed by atoms with Crippen LogP contribution in [0.2, 0.25) is 0 Å². The Labute approximate surface area is 122 Å². The molecule has 0 aromatic carbocycles. The number of nitrogens with two attached hydrogens (primary N) is 1. The summed E-state index contributed by atoms with van der Waals surface area (Å²) in [6, 6.07) is -1.63. The number of primary amides is 1. The summed E-state index contributed by atoms with van der Waals surface area (Å²) in [6.45, 7) is 3.52. The minimum absolute atomic E-state index is 0.0561. The summed E-state index contributed by atoms with van der Waals surface area (Å²) in [5.41, 5.74) is 5.24. The molecule has 0 aromatic rings. The number of rotatable bonds is 7. The van der Waals surface area contributed by atoms with Crippen LogP contribution in [0.15, 0.2) is 0 Å². The summed E-state index contributed by atoms with van der Waals surface area (Å²) in [4.78, 5) is 45.9. The molecule has 8 heteroatoms. The molecule has 1 rings (SSSR count). The van der Waals surface area contributed by atoms with E-state index in [1.165, 1.54) is 0 Å². The SMILES string of the molecule is CCOC(=O)[C@H](C)C[C@H](NC(=O)[C@@H]1CCC(=O)N1)C(N)=O. The van der Waals surface area contributed by atoms with Crippen molar-refractivity contribution >= 4 is 23.7 Å². The van der Waals surface area contributed by atoms with E-state index < -0.39 is 35.8 Å². The van der Waals surface area contributed by atoms with Crippen LogP contribution in [0.25, 0.3) is 0 Å². The molecule has 0 unspecified atom stereocenters. The number of hydrogen-bond acceptors (Lipinski definition) is 5. The molecule has 118 valence electrons. The molecule has 0 spiro atoms. The van der Waals surface area contributed by atoms with Gasteiger partial charge in [0.15, 0.2) is 0 Å². The highest BCUT2D eigenvalue weighted by atomic mass is 16.5. The first kappa shape index (κ1) is 16.9. The number of carbonyl (C=O) groups is 4. The summed E-state index contributed by atoms with van der Waals surface area (Å²) < 4.78 is 4.84. The van der Waals surface area contributed by atoms with Crippen molar-refractivity contribution in [3.8, 4) is 0 Å². The standard InChI is InChI=1S/C13H21N3O5/c1-3-21-13(20)7(2)6-9(11(14)18)16-12(19)8-4-5-10(17)15-8/h7-9H,3-6H2,1-2H3,(H2,14,18)(H,15,17)(H,16,19)/t7-,8+,9+/m1/s1. The first-order valence-electron chi connectivity index (χ1n) is 6.90. The van der Waals surface area contributed by atoms with Crippen LogP contribution in [0.4, 0.5) is 0 Å². The van der Waals surface area contributed by atoms with E-state index in [1.54, 1.807) is 13.8 Å². The van der Waals surface area contributed by atoms with Gasteiger partial charge in [0.05, 0.1) is 12.5 Å². The van der Waals surface area contributed by atoms with Crippen LogP contribution in [0.1, 0.15) is 33.1 Å². The van der Waals surface area contributed by atoms with Gasteiger partial charge >= 0.3 is 5.97 Å². The summed E-state index contributed by atoms with van der Waals surface area (Å²) in [5.74, 6) is -2.43. The van der Waals surface area contributed by atoms with E-state index >= 15 is 0 Å². The van der Waals surface area contributed by atoms with E-state index in [-0.39, 0.29) is 25.4 Å². The highest BCUT2D eigenvalue weighted by Gasteiger charge is 2.31. The molecule has 1 aliphatic heterocycles. The third kappa shape index (κ3) is 5.05. The van der Waals surface area contributed by atoms with E-state index in [0.717, 1.165) is 0 Å². The van der Waals surface area contributed by atoms with Gasteiger partial charge in [-0.2, -0.15) is 0 Å². The van der Waals surface area contributed by atoms with Gasteiger partial charge in [-0.1, -0.05) is 6.92 Å². The van der Waals surface area contributed by atoms with Crippen molar-refractivity contribution in [3.63, 3.8) is 0 Å². The Balaban J connectivity index is 2.57. The van der Waals surface area contributed by atoms with Gasteiger partial charge in [0.1, 0.15) is 12.1 Å². The lowest BCUT2D eigenvalue weighted by atomic mass is 10.0. The molecule has 3 amide bonds. The fourth-order valence-electron chi connectivity index (χ4n) is 2.06. The summed E-state index contributed by atoms with van der Waals surface area (Å²) in [5, 5.41) is 4.97. The highest BCUT2D eigenvalue weighted by molar-refractivity contribution is 5.93. The first-order chi connectivity index (χ1) is 9.85. The molecular weight excluding hydrogens is 278 g/mol. The molecule has 0 aliphatic carbocycles. The predicted octanol–water partition coefficient (Wildman–Crippen LogP) is -1.18. The molecule has 1 heterocycles. The minimum Gasteiger partial charge on any atom is -0.466 e. The average Bonchev–Trinajstić information content (AvgIpc) is 2.84. The van der Waals surface area contributed by atoms with Crippen LogP contribution in [-0.2, 0) is 23.9 Å². The Bertz CT molecular complexity index is 438. The molecule has 0 radical (unpaired) electrons. The Morgan fingerprint density at radius 2 is 2.14 bits per heavy atom. The van der Waals surface area contributed by atoms with Gasteiger partial charge in [0, 0.05) is 6.42 Å². The number of esters is 1. The van der Waals surface area contributed by atoms with Crippen LogP contribution < -0.4 is 16.4 Å². The van der Waals surface area contributed by atoms with Crippen molar-refractivity contribution < 1.29 is 23.9 Å². The molecule has 0 saturated carbocycles. The maximum Gasteiger partial charge on any atom is 0.308 e. The molecular formula is C13H21N3O5. The third-order valence-corrected chi connectivity index (χ3v) is 3.25. The lowest BCUT2D eigenvalue weighted by Crippen LogP contribution is -2.51. The number of ether oxygens (including phenoxy) is 1. The van der Waals surface area contributed by atoms with Crippen LogP contribution in [0, 0.1) is 5.92 Å². The second-order valence-corrected chi connectivity index (χ2v) is 5.01. The number of carbonyl (C=O) groups excluding carboxylic acids is 4. The number of hydrogen-bond donors (Lipinski definition) is 3. The van der Waals surface area contributed by atoms with Gasteiger partial charge in [-0.05, 0) is 19.8 Å². The zero-order valence-electron chi connectivity index (χ0n) is 12.2. The first-order valence-corrected chi connectivity index (χ1v) is 6.90. The molecule has 1 saturated heterocycles. The molecule has 21 heavy (non-hydrogen) atoms. The Hall–Kier alpha value is -2.12. The maximum atomic E-state index is 11.9. The van der Waals surface area contributed by atoms with E-state index in [0.29, 0.717) is 6.42 Å². The molecule has 3 atom stereocenters. The average molecular weight is 299 g/mol. The monoisotopic (exact) mass is 299 g/mol. The highest BCUT2D eigenvalue weighted by Crippen LogP contribution is 2.11. The van der Waals surface area contributed by atoms with Crippen LogP contribution in [0.3, 0.4) is 0 Å². The van der Waals surface area contributed by atoms with Crippen LogP contribution in [-0.4, -0.2) is 42.4 Å². The second kappa shape index (κ2) is 7.61. The van der Waals surface area contributed by atoms with Crippen molar-refractivity contribution in [2.45, 2.75) is 45.2 Å². The van der Waals surface area contributed by atoms with Crippen molar-refractivity contribution in [2.24, 2.45) is 11.7 Å². The minimum atomic E-state index is -0.977. The lowest BCUT2D eigenvalue weighted by Gasteiger charge is -2.20. The number of amides is 3. The number of nitrogens with one attached hydrogen (secondary N) is 2. The quantitative estimate of drug-likeness (QED) is 0.510. The zero-order valence-corrected chi connectivity index (χ0v) is 12.2. The van der Waals surface area contributed by atoms with Gasteiger partial charge in [-0.15, -0.1) is 0 Å². The van der Waals surface area contributed by atoms with Gasteiger partial charge in [-0.25, -0.2) is 0 Å². The molecule has 0 aromatic heterocycles. The van der Waals surface area contributed by atoms with E-state index in [4.69, 9.17) is 10.5 Å². The van der Waals surface area contributed by atoms with Gasteiger partial charge in [0.2, 0.25) is 17.7 Å². The van der Waals surface area contributed by atoms with Crippen molar-refractivity contribution in [3.05, 3.63) is 0 Å². The van der Waals surface area contributed by atoms with Crippen molar-refractivity contribution in [2.75, 3.05) is 6.61 Å². The van der Waals surface area contributed by atoms with Crippen LogP contribution in [0.5, 0.6) is 0 Å². The summed E-state index contributed by atoms with van der Waals surface area (Å²) in [6.07, 6.45) is 0.711. The maximum absolute atomic E-state index is 11.9. The van der Waals surface area contributed by atoms with E-state index in [2.05, 4.69) is 10.6 Å². The molecule has 1 fully saturated rings. The third-order valence-electron chi connectivity index (χ3n) is 3.25. The lowest BCUT2D eigenvalue weighted by molar-refractivity contribution is -0.148. The second-order valence-electron chi connectivity index (χ2n) is 5.01. The van der Waals surface area contributed by atoms with Crippen molar-refractivity contribution in [1.29, 1.82) is 0 Å². The van der Waals surface area contributed by atoms with Gasteiger partial charge < -0.3 is 21.1 Å². The van der Waals surface area contributed by atoms with Gasteiger partial charge in [-0.3, -0.25) is 19.2 Å². The van der Waals surface area contributed by atoms with E-state index in [1.807, 2.05) is 0 Å². The molecule has 8 nitrogen and oxygen atoms in total. The molecule has 0 bridgehead atoms. The van der Waals surface area contributed by atoms with Crippen molar-refractivity contribution in [1.82, 2.24) is 10.6 Å². The largest absolute Gasteiger partial charge is 0.466 e. The Kier molecular flexibility index (Phi) is 6.13. The normalized spacial score (nSPS) is 20.3. The topological polar surface area (TPSA) is 128 Å². The smallest absolute Gasteiger partial charge is 0.308 e. The van der Waals surface area contributed by atoms with Gasteiger partial charge in [0.25, 0.3) is 0 Å². The fraction of sp³-hybridized carbons (Fsp3) is 0.692. The Morgan fingerprint density at radius 3 is 2.62 bits per heavy atom. The predicted molar refractivity (Wildman–Crippen MR) is 72.7 cm³/mol.